The maximum Gasteiger partial charge on any atom is 0.137 e. The standard InChI is InChI=1S/C12H17N3O/c1-2-10(8-16)14-6-9-7-15-12-11(9)4-3-5-13-12/h3-5,7,10,14,16H,2,6,8H2,1H3,(H,13,15)/t10-/m0/s1. The van der Waals surface area contributed by atoms with Crippen LogP contribution in [0.1, 0.15) is 18.9 Å². The minimum Gasteiger partial charge on any atom is -0.395 e. The van der Waals surface area contributed by atoms with E-state index < -0.39 is 0 Å². The Hall–Kier alpha value is -1.39. The summed E-state index contributed by atoms with van der Waals surface area (Å²) in [5.74, 6) is 0. The first-order valence-corrected chi connectivity index (χ1v) is 5.60. The average Bonchev–Trinajstić information content (AvgIpc) is 2.74. The van der Waals surface area contributed by atoms with Crippen LogP contribution in [0.25, 0.3) is 11.0 Å². The number of hydrogen-bond acceptors (Lipinski definition) is 3. The molecule has 0 aliphatic carbocycles. The summed E-state index contributed by atoms with van der Waals surface area (Å²) < 4.78 is 0. The van der Waals surface area contributed by atoms with Crippen LogP contribution in [-0.2, 0) is 6.54 Å². The number of pyridine rings is 1. The molecule has 0 aliphatic heterocycles. The molecular formula is C12H17N3O. The smallest absolute Gasteiger partial charge is 0.137 e. The van der Waals surface area contributed by atoms with Gasteiger partial charge in [0.15, 0.2) is 0 Å². The maximum atomic E-state index is 9.09. The van der Waals surface area contributed by atoms with Crippen molar-refractivity contribution in [2.45, 2.75) is 25.9 Å². The lowest BCUT2D eigenvalue weighted by Crippen LogP contribution is -2.31. The summed E-state index contributed by atoms with van der Waals surface area (Å²) in [5.41, 5.74) is 2.10. The number of nitrogens with one attached hydrogen (secondary N) is 2. The average molecular weight is 219 g/mol. The van der Waals surface area contributed by atoms with Crippen LogP contribution in [0.2, 0.25) is 0 Å². The van der Waals surface area contributed by atoms with E-state index in [1.54, 1.807) is 6.20 Å². The number of H-pyrrole nitrogens is 1. The quantitative estimate of drug-likeness (QED) is 0.712. The van der Waals surface area contributed by atoms with Crippen LogP contribution in [0, 0.1) is 0 Å². The van der Waals surface area contributed by atoms with Gasteiger partial charge in [0.1, 0.15) is 5.65 Å². The van der Waals surface area contributed by atoms with Crippen LogP contribution in [0.3, 0.4) is 0 Å². The molecule has 0 aliphatic rings. The highest BCUT2D eigenvalue weighted by Gasteiger charge is 2.06. The Morgan fingerprint density at radius 1 is 1.56 bits per heavy atom. The molecule has 86 valence electrons. The van der Waals surface area contributed by atoms with Gasteiger partial charge in [-0.25, -0.2) is 4.98 Å². The zero-order chi connectivity index (χ0) is 11.4. The molecule has 3 N–H and O–H groups in total. The fraction of sp³-hybridized carbons (Fsp3) is 0.417. The van der Waals surface area contributed by atoms with Gasteiger partial charge in [0.05, 0.1) is 6.61 Å². The highest BCUT2D eigenvalue weighted by Crippen LogP contribution is 2.15. The van der Waals surface area contributed by atoms with Crippen molar-refractivity contribution in [1.29, 1.82) is 0 Å². The molecule has 0 spiro atoms. The first kappa shape index (κ1) is 11.1. The zero-order valence-corrected chi connectivity index (χ0v) is 9.40. The lowest BCUT2D eigenvalue weighted by Gasteiger charge is -2.13. The molecule has 0 fully saturated rings. The molecule has 16 heavy (non-hydrogen) atoms. The van der Waals surface area contributed by atoms with E-state index in [2.05, 4.69) is 28.3 Å². The second-order valence-corrected chi connectivity index (χ2v) is 3.88. The van der Waals surface area contributed by atoms with Crippen molar-refractivity contribution in [2.75, 3.05) is 6.61 Å². The third kappa shape index (κ3) is 2.23. The second-order valence-electron chi connectivity index (χ2n) is 3.88. The molecule has 0 unspecified atom stereocenters. The topological polar surface area (TPSA) is 60.9 Å². The Morgan fingerprint density at radius 2 is 2.44 bits per heavy atom. The normalized spacial score (nSPS) is 13.1. The molecule has 2 rings (SSSR count). The van der Waals surface area contributed by atoms with Crippen molar-refractivity contribution in [3.05, 3.63) is 30.1 Å². The zero-order valence-electron chi connectivity index (χ0n) is 9.40. The molecule has 2 heterocycles. The summed E-state index contributed by atoms with van der Waals surface area (Å²) in [5, 5.41) is 13.5. The molecule has 0 aromatic carbocycles. The van der Waals surface area contributed by atoms with Crippen LogP contribution in [0.5, 0.6) is 0 Å². The first-order valence-electron chi connectivity index (χ1n) is 5.60. The summed E-state index contributed by atoms with van der Waals surface area (Å²) >= 11 is 0. The SMILES string of the molecule is CC[C@@H](CO)NCc1c[nH]c2ncccc12. The first-order chi connectivity index (χ1) is 7.85. The van der Waals surface area contributed by atoms with Gasteiger partial charge in [-0.15, -0.1) is 0 Å². The summed E-state index contributed by atoms with van der Waals surface area (Å²) in [6.45, 7) is 2.99. The van der Waals surface area contributed by atoms with Gasteiger partial charge >= 0.3 is 0 Å². The fourth-order valence-electron chi connectivity index (χ4n) is 1.75. The highest BCUT2D eigenvalue weighted by atomic mass is 16.3. The largest absolute Gasteiger partial charge is 0.395 e. The Balaban J connectivity index is 2.09. The molecule has 2 aromatic rings. The Labute approximate surface area is 94.7 Å². The molecule has 0 saturated carbocycles. The number of aliphatic hydroxyl groups is 1. The van der Waals surface area contributed by atoms with Crippen LogP contribution in [-0.4, -0.2) is 27.7 Å². The van der Waals surface area contributed by atoms with E-state index in [0.717, 1.165) is 24.0 Å². The molecule has 0 amide bonds. The van der Waals surface area contributed by atoms with Crippen LogP contribution in [0.15, 0.2) is 24.5 Å². The molecule has 1 atom stereocenters. The lowest BCUT2D eigenvalue weighted by atomic mass is 10.2. The van der Waals surface area contributed by atoms with Crippen molar-refractivity contribution in [3.8, 4) is 0 Å². The number of nitrogens with zero attached hydrogens (tertiary/aromatic N) is 1. The summed E-state index contributed by atoms with van der Waals surface area (Å²) in [7, 11) is 0. The van der Waals surface area contributed by atoms with Crippen molar-refractivity contribution in [1.82, 2.24) is 15.3 Å². The number of aliphatic hydroxyl groups excluding tert-OH is 1. The lowest BCUT2D eigenvalue weighted by molar-refractivity contribution is 0.238. The molecule has 4 heteroatoms. The number of aromatic nitrogens is 2. The third-order valence-electron chi connectivity index (χ3n) is 2.83. The predicted molar refractivity (Wildman–Crippen MR) is 64.1 cm³/mol. The van der Waals surface area contributed by atoms with Gasteiger partial charge in [-0.3, -0.25) is 0 Å². The summed E-state index contributed by atoms with van der Waals surface area (Å²) in [6.07, 6.45) is 4.67. The van der Waals surface area contributed by atoms with Crippen LogP contribution >= 0.6 is 0 Å². The predicted octanol–water partition coefficient (Wildman–Crippen LogP) is 1.42. The van der Waals surface area contributed by atoms with Gasteiger partial charge < -0.3 is 15.4 Å². The molecule has 0 radical (unpaired) electrons. The van der Waals surface area contributed by atoms with E-state index in [0.29, 0.717) is 0 Å². The van der Waals surface area contributed by atoms with Gasteiger partial charge in [-0.1, -0.05) is 6.92 Å². The number of fused-ring (bicyclic) bond motifs is 1. The van der Waals surface area contributed by atoms with Crippen LogP contribution < -0.4 is 5.32 Å². The summed E-state index contributed by atoms with van der Waals surface area (Å²) in [6, 6.07) is 4.15. The number of hydrogen-bond donors (Lipinski definition) is 3. The summed E-state index contributed by atoms with van der Waals surface area (Å²) in [4.78, 5) is 7.37. The molecular weight excluding hydrogens is 202 g/mol. The monoisotopic (exact) mass is 219 g/mol. The van der Waals surface area contributed by atoms with Crippen molar-refractivity contribution >= 4 is 11.0 Å². The Kier molecular flexibility index (Phi) is 3.54. The number of aromatic amines is 1. The fourth-order valence-corrected chi connectivity index (χ4v) is 1.75. The van der Waals surface area contributed by atoms with Gasteiger partial charge in [-0.05, 0) is 24.1 Å². The molecule has 0 saturated heterocycles. The van der Waals surface area contributed by atoms with E-state index in [1.807, 2.05) is 12.3 Å². The van der Waals surface area contributed by atoms with Crippen molar-refractivity contribution in [2.24, 2.45) is 0 Å². The third-order valence-corrected chi connectivity index (χ3v) is 2.83. The van der Waals surface area contributed by atoms with E-state index in [-0.39, 0.29) is 12.6 Å². The van der Waals surface area contributed by atoms with E-state index >= 15 is 0 Å². The minimum absolute atomic E-state index is 0.168. The van der Waals surface area contributed by atoms with Gasteiger partial charge in [0.2, 0.25) is 0 Å². The van der Waals surface area contributed by atoms with E-state index in [9.17, 15) is 0 Å². The minimum atomic E-state index is 0.168. The highest BCUT2D eigenvalue weighted by molar-refractivity contribution is 5.79. The van der Waals surface area contributed by atoms with Crippen molar-refractivity contribution in [3.63, 3.8) is 0 Å². The van der Waals surface area contributed by atoms with Crippen LogP contribution in [0.4, 0.5) is 0 Å². The second kappa shape index (κ2) is 5.09. The van der Waals surface area contributed by atoms with Gasteiger partial charge in [-0.2, -0.15) is 0 Å². The van der Waals surface area contributed by atoms with Gasteiger partial charge in [0, 0.05) is 30.4 Å². The molecule has 0 bridgehead atoms. The molecule has 4 nitrogen and oxygen atoms in total. The van der Waals surface area contributed by atoms with E-state index in [1.165, 1.54) is 5.56 Å². The van der Waals surface area contributed by atoms with E-state index in [4.69, 9.17) is 5.11 Å². The molecule has 2 aromatic heterocycles. The maximum absolute atomic E-state index is 9.09. The Morgan fingerprint density at radius 3 is 3.19 bits per heavy atom. The van der Waals surface area contributed by atoms with Gasteiger partial charge in [0.25, 0.3) is 0 Å². The Bertz CT molecular complexity index is 448. The van der Waals surface area contributed by atoms with Crippen molar-refractivity contribution < 1.29 is 5.11 Å². The number of rotatable bonds is 5.